The van der Waals surface area contributed by atoms with Crippen molar-refractivity contribution in [3.63, 3.8) is 0 Å². The Balaban J connectivity index is 2.30. The van der Waals surface area contributed by atoms with Crippen molar-refractivity contribution in [1.29, 1.82) is 0 Å². The van der Waals surface area contributed by atoms with Crippen LogP contribution < -0.4 is 5.32 Å². The molecule has 2 N–H and O–H groups in total. The highest BCUT2D eigenvalue weighted by Gasteiger charge is 2.02. The number of fused-ring (bicyclic) bond motifs is 1. The molecule has 16 heavy (non-hydrogen) atoms. The third-order valence-corrected chi connectivity index (χ3v) is 2.46. The first-order valence-corrected chi connectivity index (χ1v) is 5.44. The molecule has 0 saturated carbocycles. The Kier molecular flexibility index (Phi) is 3.54. The number of aliphatic hydroxyl groups excluding tert-OH is 1. The summed E-state index contributed by atoms with van der Waals surface area (Å²) in [5.41, 5.74) is 0.814. The maximum atomic E-state index is 8.70. The highest BCUT2D eigenvalue weighted by molar-refractivity contribution is 6.31. The molecule has 2 rings (SSSR count). The summed E-state index contributed by atoms with van der Waals surface area (Å²) < 4.78 is 0. The summed E-state index contributed by atoms with van der Waals surface area (Å²) in [6.45, 7) is 0.854. The monoisotopic (exact) mass is 237 g/mol. The lowest BCUT2D eigenvalue weighted by molar-refractivity contribution is 0.292. The van der Waals surface area contributed by atoms with Crippen LogP contribution in [0, 0.1) is 0 Å². The van der Waals surface area contributed by atoms with Crippen LogP contribution in [0.25, 0.3) is 10.9 Å². The Bertz CT molecular complexity index is 490. The lowest BCUT2D eigenvalue weighted by Gasteiger charge is -2.07. The van der Waals surface area contributed by atoms with Gasteiger partial charge >= 0.3 is 0 Å². The third-order valence-electron chi connectivity index (χ3n) is 2.23. The number of aliphatic hydroxyl groups is 1. The fourth-order valence-electron chi connectivity index (χ4n) is 1.46. The van der Waals surface area contributed by atoms with E-state index in [1.807, 2.05) is 12.1 Å². The summed E-state index contributed by atoms with van der Waals surface area (Å²) in [7, 11) is 0. The fraction of sp³-hybridized carbons (Fsp3) is 0.273. The molecule has 0 atom stereocenters. The van der Waals surface area contributed by atoms with Crippen LogP contribution in [0.4, 0.5) is 5.82 Å². The first kappa shape index (κ1) is 11.1. The van der Waals surface area contributed by atoms with Crippen LogP contribution in [-0.4, -0.2) is 28.2 Å². The van der Waals surface area contributed by atoms with Gasteiger partial charge in [-0.2, -0.15) is 0 Å². The van der Waals surface area contributed by atoms with Crippen molar-refractivity contribution in [1.82, 2.24) is 9.97 Å². The Morgan fingerprint density at radius 2 is 2.19 bits per heavy atom. The van der Waals surface area contributed by atoms with Crippen LogP contribution in [0.3, 0.4) is 0 Å². The van der Waals surface area contributed by atoms with Crippen LogP contribution in [0.5, 0.6) is 0 Å². The normalized spacial score (nSPS) is 10.6. The second kappa shape index (κ2) is 5.09. The number of halogens is 1. The Morgan fingerprint density at radius 1 is 1.31 bits per heavy atom. The van der Waals surface area contributed by atoms with Gasteiger partial charge in [0.2, 0.25) is 0 Å². The van der Waals surface area contributed by atoms with Crippen molar-refractivity contribution in [2.24, 2.45) is 0 Å². The summed E-state index contributed by atoms with van der Waals surface area (Å²) in [6.07, 6.45) is 2.19. The molecule has 0 bridgehead atoms. The number of hydrogen-bond acceptors (Lipinski definition) is 4. The zero-order chi connectivity index (χ0) is 11.4. The lowest BCUT2D eigenvalue weighted by atomic mass is 10.2. The summed E-state index contributed by atoms with van der Waals surface area (Å²) in [5, 5.41) is 13.5. The van der Waals surface area contributed by atoms with E-state index in [-0.39, 0.29) is 6.61 Å². The molecule has 0 aliphatic carbocycles. The minimum absolute atomic E-state index is 0.168. The standard InChI is InChI=1S/C11H12ClN3O/c12-8-2-3-9-10(6-8)14-7-15-11(9)13-4-1-5-16/h2-3,6-7,16H,1,4-5H2,(H,13,14,15). The molecule has 2 aromatic rings. The quantitative estimate of drug-likeness (QED) is 0.800. The summed E-state index contributed by atoms with van der Waals surface area (Å²) in [5.74, 6) is 0.773. The average Bonchev–Trinajstić information content (AvgIpc) is 2.29. The zero-order valence-corrected chi connectivity index (χ0v) is 9.41. The highest BCUT2D eigenvalue weighted by Crippen LogP contribution is 2.22. The molecule has 0 aliphatic rings. The van der Waals surface area contributed by atoms with Gasteiger partial charge in [-0.25, -0.2) is 9.97 Å². The molecule has 0 saturated heterocycles. The van der Waals surface area contributed by atoms with Gasteiger partial charge in [0.25, 0.3) is 0 Å². The molecular weight excluding hydrogens is 226 g/mol. The van der Waals surface area contributed by atoms with Crippen LogP contribution in [0.15, 0.2) is 24.5 Å². The first-order valence-electron chi connectivity index (χ1n) is 5.06. The van der Waals surface area contributed by atoms with Gasteiger partial charge in [0.1, 0.15) is 12.1 Å². The maximum Gasteiger partial charge on any atom is 0.137 e. The number of anilines is 1. The minimum Gasteiger partial charge on any atom is -0.396 e. The first-order chi connectivity index (χ1) is 7.81. The second-order valence-corrected chi connectivity index (χ2v) is 3.82. The topological polar surface area (TPSA) is 58.0 Å². The summed E-state index contributed by atoms with van der Waals surface area (Å²) in [4.78, 5) is 8.31. The van der Waals surface area contributed by atoms with E-state index in [0.717, 1.165) is 16.7 Å². The molecule has 0 unspecified atom stereocenters. The Hall–Kier alpha value is -1.39. The molecule has 0 spiro atoms. The molecule has 5 heteroatoms. The number of aromatic nitrogens is 2. The van der Waals surface area contributed by atoms with Gasteiger partial charge in [-0.3, -0.25) is 0 Å². The Labute approximate surface area is 98.3 Å². The van der Waals surface area contributed by atoms with Crippen molar-refractivity contribution in [3.05, 3.63) is 29.5 Å². The van der Waals surface area contributed by atoms with Gasteiger partial charge in [-0.1, -0.05) is 11.6 Å². The number of nitrogens with one attached hydrogen (secondary N) is 1. The van der Waals surface area contributed by atoms with Gasteiger partial charge < -0.3 is 10.4 Å². The van der Waals surface area contributed by atoms with Crippen molar-refractivity contribution < 1.29 is 5.11 Å². The fourth-order valence-corrected chi connectivity index (χ4v) is 1.62. The lowest BCUT2D eigenvalue weighted by Crippen LogP contribution is -2.05. The van der Waals surface area contributed by atoms with E-state index in [9.17, 15) is 0 Å². The van der Waals surface area contributed by atoms with Crippen LogP contribution in [0.2, 0.25) is 5.02 Å². The van der Waals surface area contributed by atoms with E-state index in [1.165, 1.54) is 6.33 Å². The van der Waals surface area contributed by atoms with Crippen molar-refractivity contribution in [2.45, 2.75) is 6.42 Å². The summed E-state index contributed by atoms with van der Waals surface area (Å²) >= 11 is 5.88. The van der Waals surface area contributed by atoms with Gasteiger partial charge in [0.05, 0.1) is 5.52 Å². The number of rotatable bonds is 4. The van der Waals surface area contributed by atoms with E-state index in [4.69, 9.17) is 16.7 Å². The average molecular weight is 238 g/mol. The molecule has 4 nitrogen and oxygen atoms in total. The molecule has 84 valence electrons. The second-order valence-electron chi connectivity index (χ2n) is 3.39. The molecule has 0 amide bonds. The Morgan fingerprint density at radius 3 is 3.00 bits per heavy atom. The van der Waals surface area contributed by atoms with Gasteiger partial charge in [-0.05, 0) is 24.6 Å². The zero-order valence-electron chi connectivity index (χ0n) is 8.65. The maximum absolute atomic E-state index is 8.70. The van der Waals surface area contributed by atoms with E-state index in [0.29, 0.717) is 18.0 Å². The molecule has 1 heterocycles. The van der Waals surface area contributed by atoms with E-state index < -0.39 is 0 Å². The highest BCUT2D eigenvalue weighted by atomic mass is 35.5. The third kappa shape index (κ3) is 2.40. The minimum atomic E-state index is 0.168. The molecule has 1 aromatic carbocycles. The number of hydrogen-bond donors (Lipinski definition) is 2. The van der Waals surface area contributed by atoms with E-state index in [2.05, 4.69) is 15.3 Å². The van der Waals surface area contributed by atoms with Crippen molar-refractivity contribution in [3.8, 4) is 0 Å². The predicted octanol–water partition coefficient (Wildman–Crippen LogP) is 2.08. The largest absolute Gasteiger partial charge is 0.396 e. The molecule has 0 radical (unpaired) electrons. The van der Waals surface area contributed by atoms with Crippen LogP contribution in [-0.2, 0) is 0 Å². The predicted molar refractivity (Wildman–Crippen MR) is 64.7 cm³/mol. The van der Waals surface area contributed by atoms with Crippen LogP contribution in [0.1, 0.15) is 6.42 Å². The van der Waals surface area contributed by atoms with Gasteiger partial charge in [0.15, 0.2) is 0 Å². The van der Waals surface area contributed by atoms with Gasteiger partial charge in [-0.15, -0.1) is 0 Å². The van der Waals surface area contributed by atoms with Crippen molar-refractivity contribution >= 4 is 28.3 Å². The molecular formula is C11H12ClN3O. The summed E-state index contributed by atoms with van der Waals surface area (Å²) in [6, 6.07) is 5.50. The molecule has 1 aromatic heterocycles. The number of nitrogens with zero attached hydrogens (tertiary/aromatic N) is 2. The van der Waals surface area contributed by atoms with E-state index >= 15 is 0 Å². The van der Waals surface area contributed by atoms with Crippen molar-refractivity contribution in [2.75, 3.05) is 18.5 Å². The number of benzene rings is 1. The SMILES string of the molecule is OCCCNc1ncnc2cc(Cl)ccc12. The molecule has 0 aliphatic heterocycles. The smallest absolute Gasteiger partial charge is 0.137 e. The van der Waals surface area contributed by atoms with Gasteiger partial charge in [0, 0.05) is 23.6 Å². The molecule has 0 fully saturated rings. The van der Waals surface area contributed by atoms with Crippen LogP contribution >= 0.6 is 11.6 Å². The van der Waals surface area contributed by atoms with E-state index in [1.54, 1.807) is 6.07 Å².